The van der Waals surface area contributed by atoms with E-state index in [0.29, 0.717) is 0 Å². The van der Waals surface area contributed by atoms with Crippen molar-refractivity contribution in [3.8, 4) is 0 Å². The van der Waals surface area contributed by atoms with Gasteiger partial charge >= 0.3 is 0 Å². The molecule has 0 saturated heterocycles. The van der Waals surface area contributed by atoms with Gasteiger partial charge in [-0.15, -0.1) is 6.58 Å². The van der Waals surface area contributed by atoms with Crippen molar-refractivity contribution in [2.24, 2.45) is 0 Å². The van der Waals surface area contributed by atoms with Gasteiger partial charge in [-0.1, -0.05) is 19.4 Å². The first-order chi connectivity index (χ1) is 4.68. The summed E-state index contributed by atoms with van der Waals surface area (Å²) in [5.41, 5.74) is 0.0243. The molecule has 0 rings (SSSR count). The molecular weight excluding hydrogens is 124 g/mol. The first-order valence-electron chi connectivity index (χ1n) is 3.84. The predicted molar refractivity (Wildman–Crippen MR) is 45.1 cm³/mol. The average molecular weight is 142 g/mol. The van der Waals surface area contributed by atoms with Gasteiger partial charge in [0.05, 0.1) is 5.60 Å². The zero-order chi connectivity index (χ0) is 8.04. The van der Waals surface area contributed by atoms with Crippen LogP contribution in [0.1, 0.15) is 33.1 Å². The van der Waals surface area contributed by atoms with E-state index in [2.05, 4.69) is 20.4 Å². The zero-order valence-electron chi connectivity index (χ0n) is 7.31. The normalized spacial score (nSPS) is 16.3. The van der Waals surface area contributed by atoms with Crippen LogP contribution < -0.4 is 0 Å². The standard InChI is InChI=1S/C9H18O/c1-5-7-9(3,10-4)8-6-2/h5H,1,6-8H2,2-4H3. The molecule has 0 heterocycles. The Kier molecular flexibility index (Phi) is 4.37. The molecule has 0 fully saturated rings. The monoisotopic (exact) mass is 142 g/mol. The van der Waals surface area contributed by atoms with Crippen molar-refractivity contribution in [2.45, 2.75) is 38.7 Å². The highest BCUT2D eigenvalue weighted by molar-refractivity contribution is 4.83. The first kappa shape index (κ1) is 9.70. The number of methoxy groups -OCH3 is 1. The number of ether oxygens (including phenoxy) is 1. The summed E-state index contributed by atoms with van der Waals surface area (Å²) >= 11 is 0. The van der Waals surface area contributed by atoms with Crippen LogP contribution in [0.4, 0.5) is 0 Å². The largest absolute Gasteiger partial charge is 0.378 e. The Bertz CT molecular complexity index is 98.9. The fourth-order valence-corrected chi connectivity index (χ4v) is 1.12. The lowest BCUT2D eigenvalue weighted by Gasteiger charge is -2.25. The minimum absolute atomic E-state index is 0.0243. The Morgan fingerprint density at radius 2 is 2.20 bits per heavy atom. The van der Waals surface area contributed by atoms with Crippen LogP contribution in [0.5, 0.6) is 0 Å². The number of rotatable bonds is 5. The molecule has 0 bridgehead atoms. The van der Waals surface area contributed by atoms with E-state index in [0.717, 1.165) is 19.3 Å². The van der Waals surface area contributed by atoms with Crippen molar-refractivity contribution >= 4 is 0 Å². The molecule has 0 N–H and O–H groups in total. The molecule has 0 aromatic rings. The maximum atomic E-state index is 5.35. The highest BCUT2D eigenvalue weighted by atomic mass is 16.5. The van der Waals surface area contributed by atoms with Crippen LogP contribution >= 0.6 is 0 Å². The third-order valence-electron chi connectivity index (χ3n) is 1.85. The summed E-state index contributed by atoms with van der Waals surface area (Å²) in [5.74, 6) is 0. The molecule has 0 aromatic heterocycles. The molecular formula is C9H18O. The molecule has 0 radical (unpaired) electrons. The molecule has 60 valence electrons. The van der Waals surface area contributed by atoms with Crippen LogP contribution in [-0.2, 0) is 4.74 Å². The van der Waals surface area contributed by atoms with Crippen molar-refractivity contribution < 1.29 is 4.74 Å². The summed E-state index contributed by atoms with van der Waals surface area (Å²) in [4.78, 5) is 0. The van der Waals surface area contributed by atoms with Crippen LogP contribution in [0.25, 0.3) is 0 Å². The highest BCUT2D eigenvalue weighted by Crippen LogP contribution is 2.20. The van der Waals surface area contributed by atoms with Gasteiger partial charge in [0.1, 0.15) is 0 Å². The minimum Gasteiger partial charge on any atom is -0.378 e. The van der Waals surface area contributed by atoms with Gasteiger partial charge in [-0.25, -0.2) is 0 Å². The van der Waals surface area contributed by atoms with E-state index in [1.807, 2.05) is 6.08 Å². The molecule has 1 nitrogen and oxygen atoms in total. The van der Waals surface area contributed by atoms with Gasteiger partial charge in [-0.05, 0) is 19.8 Å². The van der Waals surface area contributed by atoms with Gasteiger partial charge in [-0.2, -0.15) is 0 Å². The van der Waals surface area contributed by atoms with Crippen molar-refractivity contribution in [3.63, 3.8) is 0 Å². The summed E-state index contributed by atoms with van der Waals surface area (Å²) in [6.07, 6.45) is 5.13. The fraction of sp³-hybridized carbons (Fsp3) is 0.778. The third-order valence-corrected chi connectivity index (χ3v) is 1.85. The van der Waals surface area contributed by atoms with Gasteiger partial charge in [-0.3, -0.25) is 0 Å². The number of hydrogen-bond acceptors (Lipinski definition) is 1. The van der Waals surface area contributed by atoms with Crippen molar-refractivity contribution in [1.82, 2.24) is 0 Å². The Labute approximate surface area is 64.1 Å². The second kappa shape index (κ2) is 4.51. The van der Waals surface area contributed by atoms with E-state index in [4.69, 9.17) is 4.74 Å². The van der Waals surface area contributed by atoms with Gasteiger partial charge in [0, 0.05) is 7.11 Å². The second-order valence-corrected chi connectivity index (χ2v) is 2.90. The topological polar surface area (TPSA) is 9.23 Å². The van der Waals surface area contributed by atoms with Gasteiger partial charge < -0.3 is 4.74 Å². The molecule has 0 aliphatic rings. The molecule has 1 heteroatoms. The Balaban J connectivity index is 3.80. The van der Waals surface area contributed by atoms with Crippen LogP contribution in [0.2, 0.25) is 0 Å². The Morgan fingerprint density at radius 1 is 1.60 bits per heavy atom. The van der Waals surface area contributed by atoms with Crippen LogP contribution in [-0.4, -0.2) is 12.7 Å². The SMILES string of the molecule is C=CCC(C)(CCC)OC. The summed E-state index contributed by atoms with van der Waals surface area (Å²) in [6, 6.07) is 0. The Morgan fingerprint density at radius 3 is 2.50 bits per heavy atom. The Hall–Kier alpha value is -0.300. The van der Waals surface area contributed by atoms with E-state index in [9.17, 15) is 0 Å². The molecule has 0 aromatic carbocycles. The van der Waals surface area contributed by atoms with Crippen molar-refractivity contribution in [3.05, 3.63) is 12.7 Å². The van der Waals surface area contributed by atoms with Gasteiger partial charge in [0.2, 0.25) is 0 Å². The van der Waals surface area contributed by atoms with Crippen LogP contribution in [0.3, 0.4) is 0 Å². The summed E-state index contributed by atoms with van der Waals surface area (Å²) in [6.45, 7) is 7.99. The summed E-state index contributed by atoms with van der Waals surface area (Å²) in [5, 5.41) is 0. The smallest absolute Gasteiger partial charge is 0.0684 e. The predicted octanol–water partition coefficient (Wildman–Crippen LogP) is 2.77. The summed E-state index contributed by atoms with van der Waals surface area (Å²) in [7, 11) is 1.76. The maximum absolute atomic E-state index is 5.35. The zero-order valence-corrected chi connectivity index (χ0v) is 7.31. The molecule has 0 amide bonds. The van der Waals surface area contributed by atoms with Crippen LogP contribution in [0, 0.1) is 0 Å². The summed E-state index contributed by atoms with van der Waals surface area (Å²) < 4.78 is 5.35. The molecule has 1 atom stereocenters. The van der Waals surface area contributed by atoms with E-state index in [-0.39, 0.29) is 5.60 Å². The van der Waals surface area contributed by atoms with E-state index in [1.165, 1.54) is 0 Å². The number of hydrogen-bond donors (Lipinski definition) is 0. The molecule has 0 saturated carbocycles. The van der Waals surface area contributed by atoms with E-state index in [1.54, 1.807) is 7.11 Å². The molecule has 10 heavy (non-hydrogen) atoms. The molecule has 0 spiro atoms. The lowest BCUT2D eigenvalue weighted by atomic mass is 9.96. The van der Waals surface area contributed by atoms with E-state index >= 15 is 0 Å². The molecule has 1 unspecified atom stereocenters. The van der Waals surface area contributed by atoms with Gasteiger partial charge in [0.25, 0.3) is 0 Å². The second-order valence-electron chi connectivity index (χ2n) is 2.90. The quantitative estimate of drug-likeness (QED) is 0.536. The molecule has 0 aliphatic heterocycles. The highest BCUT2D eigenvalue weighted by Gasteiger charge is 2.19. The maximum Gasteiger partial charge on any atom is 0.0684 e. The van der Waals surface area contributed by atoms with Crippen molar-refractivity contribution in [1.29, 1.82) is 0 Å². The fourth-order valence-electron chi connectivity index (χ4n) is 1.12. The minimum atomic E-state index is 0.0243. The van der Waals surface area contributed by atoms with Gasteiger partial charge in [0.15, 0.2) is 0 Å². The molecule has 0 aliphatic carbocycles. The van der Waals surface area contributed by atoms with Crippen LogP contribution in [0.15, 0.2) is 12.7 Å². The third kappa shape index (κ3) is 3.02. The van der Waals surface area contributed by atoms with Crippen molar-refractivity contribution in [2.75, 3.05) is 7.11 Å². The average Bonchev–Trinajstić information content (AvgIpc) is 1.89. The lowest BCUT2D eigenvalue weighted by Crippen LogP contribution is -2.25. The lowest BCUT2D eigenvalue weighted by molar-refractivity contribution is 0.00101. The first-order valence-corrected chi connectivity index (χ1v) is 3.84. The van der Waals surface area contributed by atoms with E-state index < -0.39 is 0 Å².